The summed E-state index contributed by atoms with van der Waals surface area (Å²) in [4.78, 5) is 14.7. The molecule has 1 saturated heterocycles. The first-order valence-corrected chi connectivity index (χ1v) is 10.4. The Morgan fingerprint density at radius 1 is 1.00 bits per heavy atom. The van der Waals surface area contributed by atoms with Crippen LogP contribution in [0.2, 0.25) is 0 Å². The first-order chi connectivity index (χ1) is 11.9. The van der Waals surface area contributed by atoms with E-state index in [0.29, 0.717) is 11.1 Å². The minimum Gasteiger partial charge on any atom is -0.372 e. The maximum Gasteiger partial charge on any atom is 0.255 e. The molecule has 0 aromatic heterocycles. The number of amides is 1. The van der Waals surface area contributed by atoms with E-state index in [4.69, 9.17) is 0 Å². The van der Waals surface area contributed by atoms with Gasteiger partial charge in [0.15, 0.2) is 9.84 Å². The summed E-state index contributed by atoms with van der Waals surface area (Å²) < 4.78 is 22.6. The van der Waals surface area contributed by atoms with Crippen molar-refractivity contribution in [3.05, 3.63) is 59.7 Å². The predicted octanol–water partition coefficient (Wildman–Crippen LogP) is 3.08. The molecule has 2 aromatic rings. The Kier molecular flexibility index (Phi) is 5.08. The van der Waals surface area contributed by atoms with Gasteiger partial charge in [-0.25, -0.2) is 8.42 Å². The van der Waals surface area contributed by atoms with Crippen LogP contribution in [0.5, 0.6) is 0 Å². The number of carbonyl (C=O) groups is 1. The molecule has 1 aliphatic heterocycles. The molecular weight excluding hydrogens is 336 g/mol. The zero-order valence-electron chi connectivity index (χ0n) is 14.2. The Morgan fingerprint density at radius 2 is 1.60 bits per heavy atom. The van der Waals surface area contributed by atoms with E-state index in [1.54, 1.807) is 24.3 Å². The van der Waals surface area contributed by atoms with E-state index >= 15 is 0 Å². The summed E-state index contributed by atoms with van der Waals surface area (Å²) in [6.45, 7) is 2.18. The lowest BCUT2D eigenvalue weighted by Gasteiger charge is -2.17. The summed E-state index contributed by atoms with van der Waals surface area (Å²) in [6.07, 6.45) is 3.65. The summed E-state index contributed by atoms with van der Waals surface area (Å²) in [5, 5.41) is 2.87. The van der Waals surface area contributed by atoms with Crippen LogP contribution in [-0.2, 0) is 15.6 Å². The second kappa shape index (κ2) is 7.27. The molecule has 0 unspecified atom stereocenters. The molecule has 0 saturated carbocycles. The van der Waals surface area contributed by atoms with E-state index in [9.17, 15) is 13.2 Å². The average molecular weight is 358 g/mol. The number of hydrogen-bond donors (Lipinski definition) is 1. The quantitative estimate of drug-likeness (QED) is 0.892. The van der Waals surface area contributed by atoms with Crippen LogP contribution in [0.15, 0.2) is 48.5 Å². The van der Waals surface area contributed by atoms with E-state index in [0.717, 1.165) is 18.8 Å². The monoisotopic (exact) mass is 358 g/mol. The van der Waals surface area contributed by atoms with Crippen LogP contribution in [0.3, 0.4) is 0 Å². The summed E-state index contributed by atoms with van der Waals surface area (Å²) in [6, 6.07) is 14.5. The molecule has 0 atom stereocenters. The standard InChI is InChI=1S/C19H22N2O3S/c1-25(23,24)14-15-4-6-16(7-5-15)19(22)20-17-8-10-18(11-9-17)21-12-2-3-13-21/h4-11H,2-3,12-14H2,1H3,(H,20,22). The molecule has 6 heteroatoms. The highest BCUT2D eigenvalue weighted by molar-refractivity contribution is 7.89. The smallest absolute Gasteiger partial charge is 0.255 e. The summed E-state index contributed by atoms with van der Waals surface area (Å²) >= 11 is 0. The summed E-state index contributed by atoms with van der Waals surface area (Å²) in [7, 11) is -3.07. The second-order valence-electron chi connectivity index (χ2n) is 6.46. The van der Waals surface area contributed by atoms with Gasteiger partial charge in [-0.3, -0.25) is 4.79 Å². The van der Waals surface area contributed by atoms with E-state index in [1.807, 2.05) is 24.3 Å². The van der Waals surface area contributed by atoms with E-state index in [2.05, 4.69) is 10.2 Å². The largest absolute Gasteiger partial charge is 0.372 e. The van der Waals surface area contributed by atoms with Gasteiger partial charge in [0.2, 0.25) is 0 Å². The molecule has 2 aromatic carbocycles. The molecule has 0 radical (unpaired) electrons. The van der Waals surface area contributed by atoms with Crippen LogP contribution in [0.1, 0.15) is 28.8 Å². The second-order valence-corrected chi connectivity index (χ2v) is 8.60. The van der Waals surface area contributed by atoms with Crippen molar-refractivity contribution >= 4 is 27.1 Å². The first-order valence-electron chi connectivity index (χ1n) is 8.34. The molecule has 1 heterocycles. The van der Waals surface area contributed by atoms with Gasteiger partial charge in [0.05, 0.1) is 5.75 Å². The number of anilines is 2. The third kappa shape index (κ3) is 4.82. The Hall–Kier alpha value is -2.34. The molecule has 0 spiro atoms. The van der Waals surface area contributed by atoms with Crippen molar-refractivity contribution in [1.82, 2.24) is 0 Å². The Balaban J connectivity index is 1.63. The van der Waals surface area contributed by atoms with Gasteiger partial charge in [0, 0.05) is 36.3 Å². The SMILES string of the molecule is CS(=O)(=O)Cc1ccc(C(=O)Nc2ccc(N3CCCC3)cc2)cc1. The molecule has 1 amide bonds. The zero-order valence-corrected chi connectivity index (χ0v) is 15.1. The van der Waals surface area contributed by atoms with Crippen LogP contribution in [0, 0.1) is 0 Å². The first kappa shape index (κ1) is 17.5. The highest BCUT2D eigenvalue weighted by Crippen LogP contribution is 2.22. The maximum absolute atomic E-state index is 12.3. The van der Waals surface area contributed by atoms with Crippen LogP contribution < -0.4 is 10.2 Å². The van der Waals surface area contributed by atoms with Gasteiger partial charge in [-0.05, 0) is 54.8 Å². The third-order valence-electron chi connectivity index (χ3n) is 4.24. The fourth-order valence-corrected chi connectivity index (χ4v) is 3.79. The highest BCUT2D eigenvalue weighted by atomic mass is 32.2. The van der Waals surface area contributed by atoms with Crippen molar-refractivity contribution in [2.45, 2.75) is 18.6 Å². The Labute approximate surface area is 148 Å². The highest BCUT2D eigenvalue weighted by Gasteiger charge is 2.12. The third-order valence-corrected chi connectivity index (χ3v) is 5.10. The van der Waals surface area contributed by atoms with Gasteiger partial charge >= 0.3 is 0 Å². The molecule has 1 fully saturated rings. The van der Waals surface area contributed by atoms with E-state index in [1.165, 1.54) is 24.8 Å². The molecule has 0 aliphatic carbocycles. The Bertz CT molecular complexity index is 837. The molecular formula is C19H22N2O3S. The van der Waals surface area contributed by atoms with Gasteiger partial charge in [0.1, 0.15) is 0 Å². The van der Waals surface area contributed by atoms with Crippen LogP contribution in [0.25, 0.3) is 0 Å². The molecule has 1 N–H and O–H groups in total. The minimum absolute atomic E-state index is 0.0210. The minimum atomic E-state index is -3.07. The van der Waals surface area contributed by atoms with Gasteiger partial charge in [-0.15, -0.1) is 0 Å². The van der Waals surface area contributed by atoms with Crippen molar-refractivity contribution in [2.75, 3.05) is 29.6 Å². The number of rotatable bonds is 5. The number of hydrogen-bond acceptors (Lipinski definition) is 4. The van der Waals surface area contributed by atoms with Gasteiger partial charge in [-0.2, -0.15) is 0 Å². The fourth-order valence-electron chi connectivity index (χ4n) is 2.99. The van der Waals surface area contributed by atoms with Crippen molar-refractivity contribution in [2.24, 2.45) is 0 Å². The van der Waals surface area contributed by atoms with Gasteiger partial charge < -0.3 is 10.2 Å². The number of carbonyl (C=O) groups excluding carboxylic acids is 1. The zero-order chi connectivity index (χ0) is 17.9. The molecule has 3 rings (SSSR count). The van der Waals surface area contributed by atoms with Gasteiger partial charge in [-0.1, -0.05) is 12.1 Å². The van der Waals surface area contributed by atoms with Crippen molar-refractivity contribution in [1.29, 1.82) is 0 Å². The summed E-state index contributed by atoms with van der Waals surface area (Å²) in [5.74, 6) is -0.229. The fraction of sp³-hybridized carbons (Fsp3) is 0.316. The lowest BCUT2D eigenvalue weighted by molar-refractivity contribution is 0.102. The lowest BCUT2D eigenvalue weighted by Crippen LogP contribution is -2.17. The van der Waals surface area contributed by atoms with E-state index in [-0.39, 0.29) is 11.7 Å². The topological polar surface area (TPSA) is 66.5 Å². The molecule has 1 aliphatic rings. The predicted molar refractivity (Wildman–Crippen MR) is 101 cm³/mol. The number of nitrogens with one attached hydrogen (secondary N) is 1. The van der Waals surface area contributed by atoms with Crippen molar-refractivity contribution < 1.29 is 13.2 Å². The van der Waals surface area contributed by atoms with Crippen molar-refractivity contribution in [3.8, 4) is 0 Å². The molecule has 132 valence electrons. The number of sulfone groups is 1. The van der Waals surface area contributed by atoms with Gasteiger partial charge in [0.25, 0.3) is 5.91 Å². The average Bonchev–Trinajstić information content (AvgIpc) is 3.09. The molecule has 0 bridgehead atoms. The van der Waals surface area contributed by atoms with Crippen LogP contribution in [-0.4, -0.2) is 33.7 Å². The molecule has 5 nitrogen and oxygen atoms in total. The Morgan fingerprint density at radius 3 is 2.16 bits per heavy atom. The number of nitrogens with zero attached hydrogens (tertiary/aromatic N) is 1. The summed E-state index contributed by atoms with van der Waals surface area (Å²) in [5.41, 5.74) is 3.10. The normalized spacial score (nSPS) is 14.5. The van der Waals surface area contributed by atoms with Crippen LogP contribution >= 0.6 is 0 Å². The lowest BCUT2D eigenvalue weighted by atomic mass is 10.1. The van der Waals surface area contributed by atoms with Crippen molar-refractivity contribution in [3.63, 3.8) is 0 Å². The van der Waals surface area contributed by atoms with E-state index < -0.39 is 9.84 Å². The number of benzene rings is 2. The maximum atomic E-state index is 12.3. The van der Waals surface area contributed by atoms with Crippen LogP contribution in [0.4, 0.5) is 11.4 Å². The molecule has 25 heavy (non-hydrogen) atoms.